The summed E-state index contributed by atoms with van der Waals surface area (Å²) < 4.78 is 1.28. The summed E-state index contributed by atoms with van der Waals surface area (Å²) in [7, 11) is 0. The third kappa shape index (κ3) is 3.45. The van der Waals surface area contributed by atoms with Gasteiger partial charge in [-0.1, -0.05) is 23.7 Å². The number of benzene rings is 1. The molecule has 9 heteroatoms. The zero-order valence-corrected chi connectivity index (χ0v) is 16.2. The second-order valence-electron chi connectivity index (χ2n) is 6.19. The van der Waals surface area contributed by atoms with Crippen LogP contribution < -0.4 is 17.0 Å². The van der Waals surface area contributed by atoms with E-state index in [1.807, 2.05) is 12.1 Å². The Hall–Kier alpha value is -2.71. The van der Waals surface area contributed by atoms with Crippen molar-refractivity contribution in [2.45, 2.75) is 26.3 Å². The van der Waals surface area contributed by atoms with Crippen molar-refractivity contribution in [2.75, 3.05) is 0 Å². The van der Waals surface area contributed by atoms with E-state index in [0.29, 0.717) is 27.7 Å². The fraction of sp³-hybridized carbons (Fsp3) is 0.222. The first-order valence-electron chi connectivity index (χ1n) is 8.08. The lowest BCUT2D eigenvalue weighted by molar-refractivity contribution is -0.120. The van der Waals surface area contributed by atoms with Crippen LogP contribution in [-0.2, 0) is 11.2 Å². The van der Waals surface area contributed by atoms with Crippen molar-refractivity contribution in [3.05, 3.63) is 61.5 Å². The van der Waals surface area contributed by atoms with E-state index >= 15 is 0 Å². The first-order valence-corrected chi connectivity index (χ1v) is 9.28. The predicted molar refractivity (Wildman–Crippen MR) is 105 cm³/mol. The Labute approximate surface area is 163 Å². The number of hydrogen-bond acceptors (Lipinski definition) is 5. The Balaban J connectivity index is 2.28. The van der Waals surface area contributed by atoms with Crippen molar-refractivity contribution in [1.29, 1.82) is 0 Å². The molecule has 2 amide bonds. The lowest BCUT2D eigenvalue weighted by Crippen LogP contribution is -2.35. The number of hydrogen-bond donors (Lipinski definition) is 2. The number of nitrogens with zero attached hydrogens (tertiary/aromatic N) is 2. The molecule has 140 valence electrons. The molecular formula is C18H17ClN4O3S. The minimum atomic E-state index is -0.895. The first kappa shape index (κ1) is 19.1. The van der Waals surface area contributed by atoms with Crippen LogP contribution in [0.4, 0.5) is 0 Å². The quantitative estimate of drug-likeness (QED) is 0.676. The highest BCUT2D eigenvalue weighted by Crippen LogP contribution is 2.28. The summed E-state index contributed by atoms with van der Waals surface area (Å²) in [6, 6.07) is 6.19. The van der Waals surface area contributed by atoms with Gasteiger partial charge in [-0.05, 0) is 37.1 Å². The molecule has 2 heterocycles. The van der Waals surface area contributed by atoms with Gasteiger partial charge >= 0.3 is 0 Å². The molecular weight excluding hydrogens is 388 g/mol. The second-order valence-corrected chi connectivity index (χ2v) is 7.62. The van der Waals surface area contributed by atoms with Crippen LogP contribution in [0.2, 0.25) is 5.02 Å². The van der Waals surface area contributed by atoms with Crippen molar-refractivity contribution in [2.24, 2.45) is 11.5 Å². The van der Waals surface area contributed by atoms with Gasteiger partial charge in [-0.3, -0.25) is 19.0 Å². The van der Waals surface area contributed by atoms with Crippen molar-refractivity contribution < 1.29 is 9.59 Å². The molecule has 0 saturated heterocycles. The largest absolute Gasteiger partial charge is 0.368 e. The Morgan fingerprint density at radius 3 is 2.44 bits per heavy atom. The van der Waals surface area contributed by atoms with E-state index in [4.69, 9.17) is 23.1 Å². The molecule has 3 aromatic rings. The van der Waals surface area contributed by atoms with Crippen LogP contribution in [0.15, 0.2) is 29.1 Å². The Morgan fingerprint density at radius 1 is 1.26 bits per heavy atom. The van der Waals surface area contributed by atoms with Gasteiger partial charge in [-0.15, -0.1) is 11.3 Å². The standard InChI is InChI=1S/C18H17ClN4O3S/c1-8-13-17(27-14(8)16(21)25)22-12(7-10-3-5-11(19)6-4-10)23(18(13)26)9(2)15(20)24/h3-6,9H,7H2,1-2H3,(H2,20,24)(H2,21,25). The van der Waals surface area contributed by atoms with Crippen LogP contribution in [0.25, 0.3) is 10.2 Å². The highest BCUT2D eigenvalue weighted by atomic mass is 35.5. The maximum atomic E-state index is 13.1. The zero-order chi connectivity index (χ0) is 19.9. The van der Waals surface area contributed by atoms with Crippen molar-refractivity contribution >= 4 is 45.0 Å². The minimum absolute atomic E-state index is 0.275. The number of fused-ring (bicyclic) bond motifs is 1. The van der Waals surface area contributed by atoms with E-state index in [0.717, 1.165) is 16.9 Å². The summed E-state index contributed by atoms with van der Waals surface area (Å²) in [5.41, 5.74) is 11.7. The maximum absolute atomic E-state index is 13.1. The van der Waals surface area contributed by atoms with Gasteiger partial charge in [-0.25, -0.2) is 4.98 Å². The van der Waals surface area contributed by atoms with Crippen LogP contribution in [0.3, 0.4) is 0 Å². The number of rotatable bonds is 5. The Bertz CT molecular complexity index is 1120. The third-order valence-corrected chi connectivity index (χ3v) is 5.82. The lowest BCUT2D eigenvalue weighted by atomic mass is 10.1. The van der Waals surface area contributed by atoms with Gasteiger partial charge < -0.3 is 11.5 Å². The highest BCUT2D eigenvalue weighted by Gasteiger charge is 2.24. The van der Waals surface area contributed by atoms with Crippen LogP contribution in [0.5, 0.6) is 0 Å². The summed E-state index contributed by atoms with van der Waals surface area (Å²) in [6.07, 6.45) is 0.294. The average Bonchev–Trinajstić information content (AvgIpc) is 2.93. The highest BCUT2D eigenvalue weighted by molar-refractivity contribution is 7.20. The van der Waals surface area contributed by atoms with Gasteiger partial charge in [0, 0.05) is 11.4 Å². The van der Waals surface area contributed by atoms with E-state index in [1.165, 1.54) is 4.57 Å². The summed E-state index contributed by atoms with van der Waals surface area (Å²) >= 11 is 6.98. The molecule has 27 heavy (non-hydrogen) atoms. The first-order chi connectivity index (χ1) is 12.7. The van der Waals surface area contributed by atoms with Gasteiger partial charge in [0.25, 0.3) is 11.5 Å². The van der Waals surface area contributed by atoms with Gasteiger partial charge in [0.2, 0.25) is 5.91 Å². The summed E-state index contributed by atoms with van der Waals surface area (Å²) in [4.78, 5) is 41.8. The third-order valence-electron chi connectivity index (χ3n) is 4.37. The smallest absolute Gasteiger partial charge is 0.263 e. The maximum Gasteiger partial charge on any atom is 0.263 e. The lowest BCUT2D eigenvalue weighted by Gasteiger charge is -2.17. The number of aromatic nitrogens is 2. The fourth-order valence-corrected chi connectivity index (χ4v) is 4.08. The van der Waals surface area contributed by atoms with Crippen LogP contribution >= 0.6 is 22.9 Å². The number of halogens is 1. The number of thiophene rings is 1. The topological polar surface area (TPSA) is 121 Å². The number of carbonyl (C=O) groups excluding carboxylic acids is 2. The molecule has 0 aliphatic heterocycles. The second kappa shape index (κ2) is 7.13. The molecule has 1 atom stereocenters. The molecule has 0 fully saturated rings. The number of nitrogens with two attached hydrogens (primary N) is 2. The molecule has 2 aromatic heterocycles. The normalized spacial score (nSPS) is 12.3. The van der Waals surface area contributed by atoms with E-state index in [9.17, 15) is 14.4 Å². The Kier molecular flexibility index (Phi) is 5.03. The molecule has 1 unspecified atom stereocenters. The van der Waals surface area contributed by atoms with Gasteiger partial charge in [-0.2, -0.15) is 0 Å². The van der Waals surface area contributed by atoms with E-state index in [1.54, 1.807) is 26.0 Å². The Morgan fingerprint density at radius 2 is 1.89 bits per heavy atom. The predicted octanol–water partition coefficient (Wildman–Crippen LogP) is 2.16. The molecule has 7 nitrogen and oxygen atoms in total. The van der Waals surface area contributed by atoms with Crippen molar-refractivity contribution in [1.82, 2.24) is 9.55 Å². The number of primary amides is 2. The van der Waals surface area contributed by atoms with Crippen LogP contribution in [-0.4, -0.2) is 21.4 Å². The minimum Gasteiger partial charge on any atom is -0.368 e. The van der Waals surface area contributed by atoms with Gasteiger partial charge in [0.05, 0.1) is 10.3 Å². The summed E-state index contributed by atoms with van der Waals surface area (Å²) in [5, 5.41) is 0.867. The SMILES string of the molecule is Cc1c(C(N)=O)sc2nc(Cc3ccc(Cl)cc3)n(C(C)C(N)=O)c(=O)c12. The van der Waals surface area contributed by atoms with Crippen LogP contribution in [0, 0.1) is 6.92 Å². The molecule has 0 spiro atoms. The summed E-state index contributed by atoms with van der Waals surface area (Å²) in [5.74, 6) is -0.902. The molecule has 0 aliphatic carbocycles. The van der Waals surface area contributed by atoms with Crippen molar-refractivity contribution in [3.63, 3.8) is 0 Å². The number of aryl methyl sites for hydroxylation is 1. The molecule has 1 aromatic carbocycles. The summed E-state index contributed by atoms with van der Waals surface area (Å²) in [6.45, 7) is 3.18. The van der Waals surface area contributed by atoms with Gasteiger partial charge in [0.15, 0.2) is 0 Å². The van der Waals surface area contributed by atoms with Crippen molar-refractivity contribution in [3.8, 4) is 0 Å². The fourth-order valence-electron chi connectivity index (χ4n) is 2.91. The molecule has 0 radical (unpaired) electrons. The number of carbonyl (C=O) groups is 2. The molecule has 4 N–H and O–H groups in total. The van der Waals surface area contributed by atoms with E-state index in [-0.39, 0.29) is 10.3 Å². The molecule has 3 rings (SSSR count). The monoisotopic (exact) mass is 404 g/mol. The van der Waals surface area contributed by atoms with Gasteiger partial charge in [0.1, 0.15) is 16.7 Å². The molecule has 0 bridgehead atoms. The average molecular weight is 405 g/mol. The molecule has 0 aliphatic rings. The molecule has 0 saturated carbocycles. The van der Waals surface area contributed by atoms with E-state index in [2.05, 4.69) is 4.98 Å². The zero-order valence-electron chi connectivity index (χ0n) is 14.7. The van der Waals surface area contributed by atoms with Crippen LogP contribution in [0.1, 0.15) is 39.6 Å². The van der Waals surface area contributed by atoms with E-state index < -0.39 is 23.4 Å². The number of amides is 2.